The molecular formula is C18H18F5NO. The number of alkyl halides is 5. The van der Waals surface area contributed by atoms with E-state index in [2.05, 4.69) is 5.32 Å². The van der Waals surface area contributed by atoms with Crippen molar-refractivity contribution < 1.29 is 26.7 Å². The molecule has 0 bridgehead atoms. The van der Waals surface area contributed by atoms with E-state index in [1.54, 1.807) is 7.11 Å². The van der Waals surface area contributed by atoms with Gasteiger partial charge in [0.1, 0.15) is 5.75 Å². The highest BCUT2D eigenvalue weighted by Gasteiger charge is 2.58. The van der Waals surface area contributed by atoms with Gasteiger partial charge < -0.3 is 10.1 Å². The van der Waals surface area contributed by atoms with Gasteiger partial charge in [0, 0.05) is 12.1 Å². The molecule has 0 heterocycles. The Labute approximate surface area is 142 Å². The van der Waals surface area contributed by atoms with Crippen molar-refractivity contribution in [3.63, 3.8) is 0 Å². The Balaban J connectivity index is 1.86. The van der Waals surface area contributed by atoms with Crippen molar-refractivity contribution in [2.45, 2.75) is 25.1 Å². The van der Waals surface area contributed by atoms with Gasteiger partial charge >= 0.3 is 12.1 Å². The molecule has 0 amide bonds. The molecule has 7 heteroatoms. The van der Waals surface area contributed by atoms with E-state index in [0.29, 0.717) is 18.7 Å². The number of ether oxygens (including phenoxy) is 1. The van der Waals surface area contributed by atoms with Gasteiger partial charge in [0.2, 0.25) is 0 Å². The molecule has 0 spiro atoms. The molecule has 0 fully saturated rings. The van der Waals surface area contributed by atoms with Crippen LogP contribution in [-0.2, 0) is 18.9 Å². The second-order valence-electron chi connectivity index (χ2n) is 5.55. The number of methoxy groups -OCH3 is 1. The average Bonchev–Trinajstić information content (AvgIpc) is 2.58. The molecular weight excluding hydrogens is 341 g/mol. The molecule has 2 nitrogen and oxygen atoms in total. The normalized spacial score (nSPS) is 12.2. The largest absolute Gasteiger partial charge is 0.497 e. The Morgan fingerprint density at radius 3 is 2.20 bits per heavy atom. The Morgan fingerprint density at radius 1 is 0.920 bits per heavy atom. The Kier molecular flexibility index (Phi) is 6.00. The van der Waals surface area contributed by atoms with Crippen molar-refractivity contribution in [2.75, 3.05) is 13.7 Å². The summed E-state index contributed by atoms with van der Waals surface area (Å²) in [4.78, 5) is 0. The van der Waals surface area contributed by atoms with Gasteiger partial charge in [-0.25, -0.2) is 0 Å². The SMILES string of the molecule is COc1cccc(CCNCc2ccc(C(F)(F)C(F)(F)F)cc2)c1. The van der Waals surface area contributed by atoms with Crippen LogP contribution in [0.15, 0.2) is 48.5 Å². The molecule has 0 aliphatic carbocycles. The first kappa shape index (κ1) is 19.2. The molecule has 0 saturated carbocycles. The predicted molar refractivity (Wildman–Crippen MR) is 84.8 cm³/mol. The minimum atomic E-state index is -5.59. The first-order chi connectivity index (χ1) is 11.7. The van der Waals surface area contributed by atoms with Crippen LogP contribution in [-0.4, -0.2) is 19.8 Å². The number of hydrogen-bond donors (Lipinski definition) is 1. The fraction of sp³-hybridized carbons (Fsp3) is 0.333. The third-order valence-corrected chi connectivity index (χ3v) is 3.73. The van der Waals surface area contributed by atoms with Crippen molar-refractivity contribution in [1.82, 2.24) is 5.32 Å². The van der Waals surface area contributed by atoms with Gasteiger partial charge in [0.25, 0.3) is 0 Å². The molecule has 2 aromatic carbocycles. The summed E-state index contributed by atoms with van der Waals surface area (Å²) in [6, 6.07) is 11.8. The summed E-state index contributed by atoms with van der Waals surface area (Å²) in [5.41, 5.74) is 0.652. The second-order valence-corrected chi connectivity index (χ2v) is 5.55. The molecule has 136 valence electrons. The molecule has 0 aromatic heterocycles. The lowest BCUT2D eigenvalue weighted by molar-refractivity contribution is -0.289. The second kappa shape index (κ2) is 7.82. The first-order valence-corrected chi connectivity index (χ1v) is 7.61. The summed E-state index contributed by atoms with van der Waals surface area (Å²) in [6.07, 6.45) is -4.86. The minimum Gasteiger partial charge on any atom is -0.497 e. The molecule has 0 saturated heterocycles. The molecule has 25 heavy (non-hydrogen) atoms. The first-order valence-electron chi connectivity index (χ1n) is 7.61. The summed E-state index contributed by atoms with van der Waals surface area (Å²) in [5, 5.41) is 3.13. The van der Waals surface area contributed by atoms with E-state index in [0.717, 1.165) is 29.9 Å². The zero-order valence-corrected chi connectivity index (χ0v) is 13.5. The van der Waals surface area contributed by atoms with Gasteiger partial charge in [-0.3, -0.25) is 0 Å². The van der Waals surface area contributed by atoms with Crippen LogP contribution in [0.2, 0.25) is 0 Å². The summed E-state index contributed by atoms with van der Waals surface area (Å²) in [6.45, 7) is 1.01. The molecule has 1 N–H and O–H groups in total. The lowest BCUT2D eigenvalue weighted by Gasteiger charge is -2.20. The van der Waals surface area contributed by atoms with E-state index in [1.807, 2.05) is 24.3 Å². The van der Waals surface area contributed by atoms with Gasteiger partial charge in [-0.1, -0.05) is 36.4 Å². The number of rotatable bonds is 7. The summed E-state index contributed by atoms with van der Waals surface area (Å²) < 4.78 is 68.5. The number of halogens is 5. The van der Waals surface area contributed by atoms with Crippen LogP contribution in [0.25, 0.3) is 0 Å². The smallest absolute Gasteiger partial charge is 0.458 e. The topological polar surface area (TPSA) is 21.3 Å². The van der Waals surface area contributed by atoms with Crippen molar-refractivity contribution >= 4 is 0 Å². The van der Waals surface area contributed by atoms with E-state index in [-0.39, 0.29) is 0 Å². The highest BCUT2D eigenvalue weighted by molar-refractivity contribution is 5.29. The number of hydrogen-bond acceptors (Lipinski definition) is 2. The molecule has 0 radical (unpaired) electrons. The Bertz CT molecular complexity index is 683. The van der Waals surface area contributed by atoms with Gasteiger partial charge in [-0.05, 0) is 36.2 Å². The molecule has 0 aliphatic rings. The van der Waals surface area contributed by atoms with Crippen LogP contribution in [0.3, 0.4) is 0 Å². The lowest BCUT2D eigenvalue weighted by Crippen LogP contribution is -2.33. The standard InChI is InChI=1S/C18H18F5NO/c1-25-16-4-2-3-13(11-16)9-10-24-12-14-5-7-15(8-6-14)17(19,20)18(21,22)23/h2-8,11,24H,9-10,12H2,1H3. The summed E-state index contributed by atoms with van der Waals surface area (Å²) in [7, 11) is 1.59. The molecule has 2 aromatic rings. The lowest BCUT2D eigenvalue weighted by atomic mass is 10.1. The van der Waals surface area contributed by atoms with Gasteiger partial charge in [0.05, 0.1) is 7.11 Å². The van der Waals surface area contributed by atoms with Crippen LogP contribution in [0.1, 0.15) is 16.7 Å². The van der Waals surface area contributed by atoms with Crippen LogP contribution in [0, 0.1) is 0 Å². The third kappa shape index (κ3) is 4.92. The highest BCUT2D eigenvalue weighted by Crippen LogP contribution is 2.43. The Hall–Kier alpha value is -2.15. The van der Waals surface area contributed by atoms with Crippen LogP contribution >= 0.6 is 0 Å². The van der Waals surface area contributed by atoms with Crippen molar-refractivity contribution in [3.05, 3.63) is 65.2 Å². The minimum absolute atomic E-state index is 0.377. The van der Waals surface area contributed by atoms with E-state index in [4.69, 9.17) is 4.74 Å². The van der Waals surface area contributed by atoms with E-state index in [9.17, 15) is 22.0 Å². The van der Waals surface area contributed by atoms with Crippen molar-refractivity contribution in [3.8, 4) is 5.75 Å². The maximum atomic E-state index is 13.2. The molecule has 2 rings (SSSR count). The van der Waals surface area contributed by atoms with Crippen molar-refractivity contribution in [1.29, 1.82) is 0 Å². The third-order valence-electron chi connectivity index (χ3n) is 3.73. The maximum Gasteiger partial charge on any atom is 0.458 e. The fourth-order valence-corrected chi connectivity index (χ4v) is 2.29. The van der Waals surface area contributed by atoms with Crippen LogP contribution < -0.4 is 10.1 Å². The summed E-state index contributed by atoms with van der Waals surface area (Å²) in [5.74, 6) is -4.08. The summed E-state index contributed by atoms with van der Waals surface area (Å²) >= 11 is 0. The zero-order valence-electron chi connectivity index (χ0n) is 13.5. The highest BCUT2D eigenvalue weighted by atomic mass is 19.4. The van der Waals surface area contributed by atoms with Gasteiger partial charge in [-0.15, -0.1) is 0 Å². The number of benzene rings is 2. The molecule has 0 aliphatic heterocycles. The van der Waals surface area contributed by atoms with Gasteiger partial charge in [0.15, 0.2) is 0 Å². The quantitative estimate of drug-likeness (QED) is 0.572. The molecule has 0 unspecified atom stereocenters. The van der Waals surface area contributed by atoms with E-state index in [1.165, 1.54) is 12.1 Å². The van der Waals surface area contributed by atoms with Crippen LogP contribution in [0.4, 0.5) is 22.0 Å². The van der Waals surface area contributed by atoms with E-state index >= 15 is 0 Å². The van der Waals surface area contributed by atoms with Crippen molar-refractivity contribution in [2.24, 2.45) is 0 Å². The fourth-order valence-electron chi connectivity index (χ4n) is 2.29. The van der Waals surface area contributed by atoms with Gasteiger partial charge in [-0.2, -0.15) is 22.0 Å². The zero-order chi connectivity index (χ0) is 18.5. The van der Waals surface area contributed by atoms with Crippen LogP contribution in [0.5, 0.6) is 5.75 Å². The number of nitrogens with one attached hydrogen (secondary N) is 1. The Morgan fingerprint density at radius 2 is 1.60 bits per heavy atom. The molecule has 0 atom stereocenters. The maximum absolute atomic E-state index is 13.2. The van der Waals surface area contributed by atoms with E-state index < -0.39 is 17.7 Å². The predicted octanol–water partition coefficient (Wildman–Crippen LogP) is 4.68. The monoisotopic (exact) mass is 359 g/mol. The average molecular weight is 359 g/mol.